The maximum atomic E-state index is 9.44. The van der Waals surface area contributed by atoms with Crippen LogP contribution in [-0.2, 0) is 25.1 Å². The van der Waals surface area contributed by atoms with Crippen LogP contribution in [0.2, 0.25) is 0 Å². The van der Waals surface area contributed by atoms with Gasteiger partial charge in [-0.3, -0.25) is 0 Å². The monoisotopic (exact) mass is 247 g/mol. The van der Waals surface area contributed by atoms with Crippen LogP contribution in [0.5, 0.6) is 0 Å². The number of hydrogen-bond acceptors (Lipinski definition) is 5. The van der Waals surface area contributed by atoms with Crippen LogP contribution >= 0.6 is 15.9 Å². The smallest absolute Gasteiger partial charge is 0.328 e. The molecule has 0 unspecified atom stereocenters. The Hall–Kier alpha value is 0.470. The highest BCUT2D eigenvalue weighted by molar-refractivity contribution is 9.09. The predicted molar refractivity (Wildman–Crippen MR) is 43.5 cm³/mol. The Morgan fingerprint density at radius 2 is 2.09 bits per heavy atom. The van der Waals surface area contributed by atoms with Crippen molar-refractivity contribution >= 4 is 27.3 Å². The highest BCUT2D eigenvalue weighted by Crippen LogP contribution is 2.01. The molecule has 0 aromatic rings. The van der Waals surface area contributed by atoms with Gasteiger partial charge in [-0.15, -0.1) is 0 Å². The lowest BCUT2D eigenvalue weighted by atomic mass is 10.3. The molecule has 1 aliphatic heterocycles. The SMILES string of the molecule is C[C@@H](N)CCBr.O=S1OOO1. The molecular formula is C4H10BrNO4S. The molecule has 1 saturated heterocycles. The van der Waals surface area contributed by atoms with E-state index in [2.05, 4.69) is 29.6 Å². The van der Waals surface area contributed by atoms with Crippen molar-refractivity contribution < 1.29 is 17.9 Å². The molecule has 11 heavy (non-hydrogen) atoms. The third kappa shape index (κ3) is 8.38. The molecular weight excluding hydrogens is 238 g/mol. The molecule has 68 valence electrons. The van der Waals surface area contributed by atoms with Gasteiger partial charge >= 0.3 is 11.4 Å². The average molecular weight is 248 g/mol. The van der Waals surface area contributed by atoms with Crippen molar-refractivity contribution in [2.24, 2.45) is 5.73 Å². The van der Waals surface area contributed by atoms with Gasteiger partial charge in [-0.2, -0.15) is 4.21 Å². The zero-order valence-electron chi connectivity index (χ0n) is 5.99. The zero-order chi connectivity index (χ0) is 8.69. The van der Waals surface area contributed by atoms with Crippen molar-refractivity contribution in [1.82, 2.24) is 0 Å². The van der Waals surface area contributed by atoms with Crippen molar-refractivity contribution in [3.05, 3.63) is 0 Å². The molecule has 1 heterocycles. The van der Waals surface area contributed by atoms with Gasteiger partial charge in [-0.1, -0.05) is 24.6 Å². The van der Waals surface area contributed by atoms with Gasteiger partial charge in [0, 0.05) is 11.4 Å². The summed E-state index contributed by atoms with van der Waals surface area (Å²) in [5.41, 5.74) is 5.37. The summed E-state index contributed by atoms with van der Waals surface area (Å²) < 4.78 is 16.8. The lowest BCUT2D eigenvalue weighted by Gasteiger charge is -2.02. The van der Waals surface area contributed by atoms with Crippen molar-refractivity contribution in [2.75, 3.05) is 5.33 Å². The topological polar surface area (TPSA) is 70.8 Å². The Morgan fingerprint density at radius 1 is 1.64 bits per heavy atom. The van der Waals surface area contributed by atoms with Gasteiger partial charge in [0.2, 0.25) is 0 Å². The molecule has 0 aromatic carbocycles. The zero-order valence-corrected chi connectivity index (χ0v) is 8.39. The van der Waals surface area contributed by atoms with Crippen LogP contribution in [0.25, 0.3) is 0 Å². The van der Waals surface area contributed by atoms with Crippen LogP contribution in [0.4, 0.5) is 0 Å². The Morgan fingerprint density at radius 3 is 2.09 bits per heavy atom. The summed E-state index contributed by atoms with van der Waals surface area (Å²) in [6, 6.07) is 0.351. The van der Waals surface area contributed by atoms with Crippen molar-refractivity contribution in [2.45, 2.75) is 19.4 Å². The average Bonchev–Trinajstić information content (AvgIpc) is 1.85. The van der Waals surface area contributed by atoms with Gasteiger partial charge in [0.1, 0.15) is 0 Å². The molecule has 1 atom stereocenters. The van der Waals surface area contributed by atoms with E-state index in [4.69, 9.17) is 5.73 Å². The highest BCUT2D eigenvalue weighted by atomic mass is 79.9. The van der Waals surface area contributed by atoms with Gasteiger partial charge in [0.25, 0.3) is 0 Å². The van der Waals surface area contributed by atoms with E-state index < -0.39 is 11.4 Å². The van der Waals surface area contributed by atoms with Crippen molar-refractivity contribution in [3.8, 4) is 0 Å². The van der Waals surface area contributed by atoms with Gasteiger partial charge < -0.3 is 5.73 Å². The molecule has 0 spiro atoms. The Labute approximate surface area is 76.0 Å². The second-order valence-electron chi connectivity index (χ2n) is 1.86. The van der Waals surface area contributed by atoms with Crippen LogP contribution in [0.1, 0.15) is 13.3 Å². The van der Waals surface area contributed by atoms with Gasteiger partial charge in [-0.25, -0.2) is 0 Å². The number of halogens is 1. The summed E-state index contributed by atoms with van der Waals surface area (Å²) in [6.45, 7) is 2.00. The third-order valence-electron chi connectivity index (χ3n) is 0.731. The van der Waals surface area contributed by atoms with Crippen molar-refractivity contribution in [1.29, 1.82) is 0 Å². The molecule has 0 saturated carbocycles. The van der Waals surface area contributed by atoms with E-state index in [0.717, 1.165) is 11.8 Å². The molecule has 0 amide bonds. The molecule has 0 aliphatic carbocycles. The first-order chi connectivity index (χ1) is 5.16. The minimum atomic E-state index is -1.61. The fourth-order valence-electron chi connectivity index (χ4n) is 0.223. The molecule has 1 fully saturated rings. The van der Waals surface area contributed by atoms with E-state index in [9.17, 15) is 4.21 Å². The minimum Gasteiger partial charge on any atom is -0.328 e. The molecule has 2 N–H and O–H groups in total. The largest absolute Gasteiger partial charge is 0.367 e. The van der Waals surface area contributed by atoms with Crippen LogP contribution in [0, 0.1) is 0 Å². The number of hydrogen-bond donors (Lipinski definition) is 1. The Bertz CT molecular complexity index is 117. The molecule has 0 radical (unpaired) electrons. The quantitative estimate of drug-likeness (QED) is 0.571. The van der Waals surface area contributed by atoms with Crippen LogP contribution < -0.4 is 5.73 Å². The molecule has 1 rings (SSSR count). The molecule has 0 aromatic heterocycles. The second kappa shape index (κ2) is 7.14. The summed E-state index contributed by atoms with van der Waals surface area (Å²) in [7, 11) is 0. The summed E-state index contributed by atoms with van der Waals surface area (Å²) in [5.74, 6) is 0. The van der Waals surface area contributed by atoms with Crippen LogP contribution in [0.3, 0.4) is 0 Å². The normalized spacial score (nSPS) is 19.5. The maximum Gasteiger partial charge on any atom is 0.367 e. The second-order valence-corrected chi connectivity index (χ2v) is 3.34. The first kappa shape index (κ1) is 11.5. The minimum absolute atomic E-state index is 0.351. The fourth-order valence-corrected chi connectivity index (χ4v) is 1.05. The van der Waals surface area contributed by atoms with Gasteiger partial charge in [0.15, 0.2) is 0 Å². The van der Waals surface area contributed by atoms with Crippen LogP contribution in [-0.4, -0.2) is 15.6 Å². The molecule has 0 bridgehead atoms. The Balaban J connectivity index is 0.000000183. The number of nitrogens with two attached hydrogens (primary N) is 1. The van der Waals surface area contributed by atoms with E-state index in [1.54, 1.807) is 0 Å². The summed E-state index contributed by atoms with van der Waals surface area (Å²) in [4.78, 5) is 0. The fraction of sp³-hybridized carbons (Fsp3) is 1.00. The van der Waals surface area contributed by atoms with Gasteiger partial charge in [0.05, 0.1) is 0 Å². The third-order valence-corrected chi connectivity index (χ3v) is 1.52. The van der Waals surface area contributed by atoms with Gasteiger partial charge in [-0.05, 0) is 18.4 Å². The molecule has 1 aliphatic rings. The first-order valence-corrected chi connectivity index (χ1v) is 5.04. The predicted octanol–water partition coefficient (Wildman–Crippen LogP) is 0.577. The van der Waals surface area contributed by atoms with E-state index in [0.29, 0.717) is 6.04 Å². The first-order valence-electron chi connectivity index (χ1n) is 2.92. The van der Waals surface area contributed by atoms with E-state index in [1.165, 1.54) is 0 Å². The van der Waals surface area contributed by atoms with Crippen LogP contribution in [0.15, 0.2) is 0 Å². The molecule has 5 nitrogen and oxygen atoms in total. The lowest BCUT2D eigenvalue weighted by molar-refractivity contribution is -0.469. The number of rotatable bonds is 2. The Kier molecular flexibility index (Phi) is 7.44. The highest BCUT2D eigenvalue weighted by Gasteiger charge is 2.14. The van der Waals surface area contributed by atoms with Crippen molar-refractivity contribution in [3.63, 3.8) is 0 Å². The van der Waals surface area contributed by atoms with E-state index in [1.807, 2.05) is 6.92 Å². The summed E-state index contributed by atoms with van der Waals surface area (Å²) >= 11 is 1.66. The summed E-state index contributed by atoms with van der Waals surface area (Å²) in [5, 5.41) is 4.55. The standard InChI is InChI=1S/C4H10BrN.O4S/c1-4(6)2-3-5;1-5-3-2-4-5/h4H,2-3,6H2,1H3;/t4-;/m1./s1. The van der Waals surface area contributed by atoms with E-state index in [-0.39, 0.29) is 0 Å². The summed E-state index contributed by atoms with van der Waals surface area (Å²) in [6.07, 6.45) is 1.07. The molecule has 7 heteroatoms. The maximum absolute atomic E-state index is 9.44. The number of alkyl halides is 1. The van der Waals surface area contributed by atoms with E-state index >= 15 is 0 Å². The lowest BCUT2D eigenvalue weighted by Crippen LogP contribution is -2.14.